The van der Waals surface area contributed by atoms with Crippen molar-refractivity contribution in [3.05, 3.63) is 65.5 Å². The summed E-state index contributed by atoms with van der Waals surface area (Å²) in [5.41, 5.74) is 2.77. The molecule has 170 valence electrons. The second-order valence-electron chi connectivity index (χ2n) is 9.29. The molecule has 33 heavy (non-hydrogen) atoms. The van der Waals surface area contributed by atoms with E-state index in [1.54, 1.807) is 16.0 Å². The molecule has 0 spiro atoms. The highest BCUT2D eigenvalue weighted by molar-refractivity contribution is 5.88. The number of aromatic nitrogens is 1. The smallest absolute Gasteiger partial charge is 0.242 e. The Bertz CT molecular complexity index is 1070. The van der Waals surface area contributed by atoms with Gasteiger partial charge in [-0.2, -0.15) is 0 Å². The Labute approximate surface area is 194 Å². The summed E-state index contributed by atoms with van der Waals surface area (Å²) < 4.78 is 0. The van der Waals surface area contributed by atoms with E-state index in [0.29, 0.717) is 18.2 Å². The third kappa shape index (κ3) is 4.38. The Morgan fingerprint density at radius 3 is 2.61 bits per heavy atom. The largest absolute Gasteiger partial charge is 0.394 e. The highest BCUT2D eigenvalue weighted by Crippen LogP contribution is 2.43. The molecule has 2 aromatic rings. The van der Waals surface area contributed by atoms with Crippen molar-refractivity contribution in [2.75, 3.05) is 19.7 Å². The molecule has 3 atom stereocenters. The molecular formula is C27H29N3O3. The number of amides is 2. The van der Waals surface area contributed by atoms with E-state index in [1.807, 2.05) is 30.3 Å². The molecule has 1 aromatic carbocycles. The van der Waals surface area contributed by atoms with Crippen LogP contribution in [0.5, 0.6) is 0 Å². The molecular weight excluding hydrogens is 414 g/mol. The summed E-state index contributed by atoms with van der Waals surface area (Å²) in [5.74, 6) is 7.02. The molecule has 0 unspecified atom stereocenters. The van der Waals surface area contributed by atoms with Crippen LogP contribution in [0.15, 0.2) is 48.7 Å². The number of hydrogen-bond acceptors (Lipinski definition) is 4. The second-order valence-corrected chi connectivity index (χ2v) is 9.29. The van der Waals surface area contributed by atoms with E-state index in [9.17, 15) is 14.7 Å². The van der Waals surface area contributed by atoms with Gasteiger partial charge >= 0.3 is 0 Å². The van der Waals surface area contributed by atoms with Crippen LogP contribution in [0, 0.1) is 17.8 Å². The molecule has 3 fully saturated rings. The summed E-state index contributed by atoms with van der Waals surface area (Å²) >= 11 is 0. The maximum absolute atomic E-state index is 12.9. The van der Waals surface area contributed by atoms with Crippen molar-refractivity contribution in [2.45, 2.75) is 50.1 Å². The van der Waals surface area contributed by atoms with Crippen molar-refractivity contribution in [2.24, 2.45) is 5.92 Å². The Hall–Kier alpha value is -3.17. The SMILES string of the molecule is O=C(Cc1ccccn1)N1CC(=O)N2[C@H](C1)[C@H](c1ccc(C#CC3CCCC3)cc1)[C@@H]2CO. The number of rotatable bonds is 4. The molecule has 1 aliphatic carbocycles. The number of nitrogens with zero attached hydrogens (tertiary/aromatic N) is 3. The number of benzene rings is 1. The lowest BCUT2D eigenvalue weighted by molar-refractivity contribution is -0.166. The van der Waals surface area contributed by atoms with Gasteiger partial charge in [0.25, 0.3) is 0 Å². The van der Waals surface area contributed by atoms with Crippen molar-refractivity contribution in [3.8, 4) is 11.8 Å². The van der Waals surface area contributed by atoms with Gasteiger partial charge in [0.15, 0.2) is 0 Å². The van der Waals surface area contributed by atoms with Gasteiger partial charge in [0.05, 0.1) is 31.7 Å². The number of carbonyl (C=O) groups excluding carboxylic acids is 2. The van der Waals surface area contributed by atoms with Crippen LogP contribution < -0.4 is 0 Å². The third-order valence-corrected chi connectivity index (χ3v) is 7.23. The first-order valence-corrected chi connectivity index (χ1v) is 11.9. The van der Waals surface area contributed by atoms with Crippen LogP contribution >= 0.6 is 0 Å². The summed E-state index contributed by atoms with van der Waals surface area (Å²) in [7, 11) is 0. The molecule has 0 radical (unpaired) electrons. The molecule has 1 aromatic heterocycles. The van der Waals surface area contributed by atoms with Crippen LogP contribution in [0.1, 0.15) is 48.4 Å². The lowest BCUT2D eigenvalue weighted by Crippen LogP contribution is -2.73. The first-order chi connectivity index (χ1) is 16.1. The predicted octanol–water partition coefficient (Wildman–Crippen LogP) is 2.36. The number of aliphatic hydroxyl groups excluding tert-OH is 1. The van der Waals surface area contributed by atoms with Gasteiger partial charge in [-0.1, -0.05) is 42.9 Å². The number of hydrogen-bond donors (Lipinski definition) is 1. The summed E-state index contributed by atoms with van der Waals surface area (Å²) in [4.78, 5) is 33.3. The van der Waals surface area contributed by atoms with E-state index in [-0.39, 0.29) is 49.4 Å². The van der Waals surface area contributed by atoms with Crippen LogP contribution in [0.3, 0.4) is 0 Å². The fraction of sp³-hybridized carbons (Fsp3) is 0.444. The summed E-state index contributed by atoms with van der Waals surface area (Å²) in [6.45, 7) is 0.445. The van der Waals surface area contributed by atoms with Crippen LogP contribution in [0.25, 0.3) is 0 Å². The molecule has 2 aliphatic heterocycles. The minimum absolute atomic E-state index is 0.00115. The monoisotopic (exact) mass is 443 g/mol. The Morgan fingerprint density at radius 2 is 1.91 bits per heavy atom. The zero-order valence-corrected chi connectivity index (χ0v) is 18.7. The van der Waals surface area contributed by atoms with Crippen molar-refractivity contribution >= 4 is 11.8 Å². The lowest BCUT2D eigenvalue weighted by atomic mass is 9.73. The van der Waals surface area contributed by atoms with Crippen LogP contribution in [-0.2, 0) is 16.0 Å². The van der Waals surface area contributed by atoms with Gasteiger partial charge in [0.1, 0.15) is 0 Å². The number of carbonyl (C=O) groups is 2. The third-order valence-electron chi connectivity index (χ3n) is 7.23. The Morgan fingerprint density at radius 1 is 1.12 bits per heavy atom. The molecule has 3 aliphatic rings. The van der Waals surface area contributed by atoms with E-state index in [0.717, 1.165) is 11.1 Å². The minimum atomic E-state index is -0.244. The molecule has 6 heteroatoms. The lowest BCUT2D eigenvalue weighted by Gasteiger charge is -2.58. The molecule has 0 bridgehead atoms. The fourth-order valence-electron chi connectivity index (χ4n) is 5.50. The van der Waals surface area contributed by atoms with Crippen molar-refractivity contribution in [1.29, 1.82) is 0 Å². The van der Waals surface area contributed by atoms with E-state index in [2.05, 4.69) is 29.0 Å². The predicted molar refractivity (Wildman–Crippen MR) is 124 cm³/mol. The zero-order chi connectivity index (χ0) is 22.8. The highest BCUT2D eigenvalue weighted by Gasteiger charge is 2.54. The standard InChI is InChI=1S/C27H29N3O3/c31-18-24-27(21-12-10-20(11-13-21)9-8-19-5-1-2-6-19)23-16-29(17-26(33)30(23)24)25(32)15-22-7-3-4-14-28-22/h3-4,7,10-14,19,23-24,27,31H,1-2,5-6,15-18H2/t23-,24+,27+/m1/s1. The van der Waals surface area contributed by atoms with Gasteiger partial charge in [0, 0.05) is 35.8 Å². The molecule has 2 saturated heterocycles. The summed E-state index contributed by atoms with van der Waals surface area (Å²) in [5, 5.41) is 10.00. The summed E-state index contributed by atoms with van der Waals surface area (Å²) in [6.07, 6.45) is 6.81. The van der Waals surface area contributed by atoms with E-state index < -0.39 is 0 Å². The van der Waals surface area contributed by atoms with Crippen LogP contribution in [-0.4, -0.2) is 63.5 Å². The normalized spacial score (nSPS) is 24.6. The van der Waals surface area contributed by atoms with Gasteiger partial charge in [-0.05, 0) is 42.7 Å². The van der Waals surface area contributed by atoms with Gasteiger partial charge in [-0.3, -0.25) is 14.6 Å². The van der Waals surface area contributed by atoms with Crippen molar-refractivity contribution in [1.82, 2.24) is 14.8 Å². The van der Waals surface area contributed by atoms with Crippen molar-refractivity contribution in [3.63, 3.8) is 0 Å². The number of aliphatic hydroxyl groups is 1. The van der Waals surface area contributed by atoms with E-state index in [4.69, 9.17) is 0 Å². The van der Waals surface area contributed by atoms with Crippen LogP contribution in [0.2, 0.25) is 0 Å². The fourth-order valence-corrected chi connectivity index (χ4v) is 5.50. The Balaban J connectivity index is 1.29. The highest BCUT2D eigenvalue weighted by atomic mass is 16.3. The molecule has 2 amide bonds. The summed E-state index contributed by atoms with van der Waals surface area (Å²) in [6, 6.07) is 13.3. The molecule has 5 rings (SSSR count). The first-order valence-electron chi connectivity index (χ1n) is 11.9. The van der Waals surface area contributed by atoms with E-state index >= 15 is 0 Å². The number of piperazine rings is 1. The topological polar surface area (TPSA) is 73.7 Å². The maximum Gasteiger partial charge on any atom is 0.242 e. The van der Waals surface area contributed by atoms with E-state index in [1.165, 1.54) is 25.7 Å². The number of fused-ring (bicyclic) bond motifs is 1. The first kappa shape index (κ1) is 21.7. The molecule has 3 heterocycles. The van der Waals surface area contributed by atoms with Gasteiger partial charge in [-0.25, -0.2) is 0 Å². The average Bonchev–Trinajstić information content (AvgIpc) is 3.34. The average molecular weight is 444 g/mol. The quantitative estimate of drug-likeness (QED) is 0.737. The van der Waals surface area contributed by atoms with Gasteiger partial charge in [-0.15, -0.1) is 0 Å². The molecule has 6 nitrogen and oxygen atoms in total. The number of pyridine rings is 1. The minimum Gasteiger partial charge on any atom is -0.394 e. The zero-order valence-electron chi connectivity index (χ0n) is 18.7. The molecule has 1 saturated carbocycles. The van der Waals surface area contributed by atoms with Gasteiger partial charge in [0.2, 0.25) is 11.8 Å². The Kier molecular flexibility index (Phi) is 6.15. The molecule has 1 N–H and O–H groups in total. The van der Waals surface area contributed by atoms with Crippen molar-refractivity contribution < 1.29 is 14.7 Å². The van der Waals surface area contributed by atoms with Crippen LogP contribution in [0.4, 0.5) is 0 Å². The second kappa shape index (κ2) is 9.36. The van der Waals surface area contributed by atoms with Gasteiger partial charge < -0.3 is 14.9 Å². The maximum atomic E-state index is 12.9.